The highest BCUT2D eigenvalue weighted by Crippen LogP contribution is 2.26. The quantitative estimate of drug-likeness (QED) is 0.674. The Balaban J connectivity index is 2.05. The summed E-state index contributed by atoms with van der Waals surface area (Å²) < 4.78 is 30.6. The smallest absolute Gasteiger partial charge is 0.280 e. The molecule has 1 aliphatic rings. The van der Waals surface area contributed by atoms with Gasteiger partial charge in [0, 0.05) is 12.7 Å². The Labute approximate surface area is 161 Å². The number of anilines is 1. The van der Waals surface area contributed by atoms with Crippen LogP contribution in [0.5, 0.6) is 0 Å². The van der Waals surface area contributed by atoms with E-state index >= 15 is 0 Å². The van der Waals surface area contributed by atoms with Gasteiger partial charge in [0.05, 0.1) is 5.69 Å². The van der Waals surface area contributed by atoms with Crippen LogP contribution in [0.2, 0.25) is 0 Å². The molecule has 0 bridgehead atoms. The summed E-state index contributed by atoms with van der Waals surface area (Å²) in [5.41, 5.74) is -0.441. The lowest BCUT2D eigenvalue weighted by Crippen LogP contribution is -2.52. The molecule has 3 heterocycles. The van der Waals surface area contributed by atoms with Gasteiger partial charge in [0.25, 0.3) is 15.6 Å². The van der Waals surface area contributed by atoms with Crippen LogP contribution >= 0.6 is 0 Å². The Morgan fingerprint density at radius 2 is 1.82 bits per heavy atom. The van der Waals surface area contributed by atoms with Crippen molar-refractivity contribution in [1.29, 1.82) is 0 Å². The number of benzene rings is 1. The molecule has 8 nitrogen and oxygen atoms in total. The summed E-state index contributed by atoms with van der Waals surface area (Å²) in [5, 5.41) is 2.69. The molecule has 1 aromatic carbocycles. The van der Waals surface area contributed by atoms with Crippen molar-refractivity contribution in [2.45, 2.75) is 31.7 Å². The van der Waals surface area contributed by atoms with Gasteiger partial charge >= 0.3 is 0 Å². The van der Waals surface area contributed by atoms with Crippen LogP contribution in [0.3, 0.4) is 0 Å². The fourth-order valence-corrected chi connectivity index (χ4v) is 4.49. The van der Waals surface area contributed by atoms with E-state index < -0.39 is 21.0 Å². The van der Waals surface area contributed by atoms with E-state index in [-0.39, 0.29) is 15.9 Å². The number of fused-ring (bicyclic) bond motifs is 2. The molecule has 0 fully saturated rings. The van der Waals surface area contributed by atoms with E-state index in [1.165, 1.54) is 15.3 Å². The zero-order valence-corrected chi connectivity index (χ0v) is 16.3. The van der Waals surface area contributed by atoms with Crippen molar-refractivity contribution in [2.24, 2.45) is 5.92 Å². The zero-order valence-electron chi connectivity index (χ0n) is 15.5. The predicted octanol–water partition coefficient (Wildman–Crippen LogP) is 0.696. The van der Waals surface area contributed by atoms with Crippen molar-refractivity contribution in [3.8, 4) is 0 Å². The Bertz CT molecular complexity index is 1350. The number of aromatic nitrogens is 2. The largest absolute Gasteiger partial charge is 0.339 e. The molecule has 2 aromatic heterocycles. The van der Waals surface area contributed by atoms with Crippen LogP contribution in [-0.4, -0.2) is 17.6 Å². The van der Waals surface area contributed by atoms with Gasteiger partial charge in [-0.25, -0.2) is 13.1 Å². The van der Waals surface area contributed by atoms with E-state index in [1.54, 1.807) is 36.5 Å². The van der Waals surface area contributed by atoms with Gasteiger partial charge in [0.1, 0.15) is 21.5 Å². The Morgan fingerprint density at radius 1 is 1.07 bits per heavy atom. The summed E-state index contributed by atoms with van der Waals surface area (Å²) >= 11 is 0. The van der Waals surface area contributed by atoms with E-state index in [0.29, 0.717) is 23.7 Å². The van der Waals surface area contributed by atoms with Gasteiger partial charge in [-0.2, -0.15) is 0 Å². The van der Waals surface area contributed by atoms with Gasteiger partial charge in [0.15, 0.2) is 0 Å². The molecular weight excluding hydrogens is 380 g/mol. The van der Waals surface area contributed by atoms with Gasteiger partial charge in [-0.1, -0.05) is 26.0 Å². The number of rotatable bonds is 3. The van der Waals surface area contributed by atoms with Crippen LogP contribution in [0.25, 0.3) is 11.3 Å². The second kappa shape index (κ2) is 6.52. The van der Waals surface area contributed by atoms with Crippen LogP contribution in [-0.2, 0) is 16.6 Å². The van der Waals surface area contributed by atoms with E-state index in [1.807, 2.05) is 13.8 Å². The van der Waals surface area contributed by atoms with E-state index in [9.17, 15) is 18.0 Å². The molecular formula is C19H20N4O4S. The van der Waals surface area contributed by atoms with Gasteiger partial charge in [-0.05, 0) is 36.6 Å². The standard InChI is InChI=1S/C19H20N4O4S/c1-12(2)9-11-23-19(25)16(17(24)14-7-5-10-22(14)23)18-20-13-6-3-4-8-15(13)28(26,27)21-18/h3-8,10,12,20-21H,9,11H2,1-2H3. The average Bonchev–Trinajstić information content (AvgIpc) is 3.11. The lowest BCUT2D eigenvalue weighted by Gasteiger charge is -2.22. The minimum absolute atomic E-state index is 0.0649. The number of hydrogen-bond donors (Lipinski definition) is 2. The summed E-state index contributed by atoms with van der Waals surface area (Å²) in [5.74, 6) is 0.245. The van der Waals surface area contributed by atoms with Crippen molar-refractivity contribution in [2.75, 3.05) is 5.32 Å². The normalized spacial score (nSPS) is 17.2. The van der Waals surface area contributed by atoms with E-state index in [4.69, 9.17) is 0 Å². The minimum Gasteiger partial charge on any atom is -0.339 e. The summed E-state index contributed by atoms with van der Waals surface area (Å²) in [4.78, 5) is 26.2. The molecule has 0 saturated carbocycles. The molecule has 0 atom stereocenters. The van der Waals surface area contributed by atoms with Crippen molar-refractivity contribution in [3.05, 3.63) is 68.4 Å². The van der Waals surface area contributed by atoms with Crippen LogP contribution in [0.4, 0.5) is 5.69 Å². The molecule has 3 aromatic rings. The molecule has 0 saturated heterocycles. The minimum atomic E-state index is -3.89. The first-order valence-corrected chi connectivity index (χ1v) is 10.5. The van der Waals surface area contributed by atoms with Crippen LogP contribution < -0.4 is 26.2 Å². The Kier molecular flexibility index (Phi) is 4.26. The number of para-hydroxylation sites is 1. The highest BCUT2D eigenvalue weighted by atomic mass is 32.2. The summed E-state index contributed by atoms with van der Waals surface area (Å²) in [7, 11) is -3.89. The van der Waals surface area contributed by atoms with Crippen molar-refractivity contribution in [3.63, 3.8) is 0 Å². The molecule has 28 heavy (non-hydrogen) atoms. The fourth-order valence-electron chi connectivity index (χ4n) is 3.29. The number of hydrogen-bond acceptors (Lipinski definition) is 5. The van der Waals surface area contributed by atoms with Crippen molar-refractivity contribution < 1.29 is 8.42 Å². The highest BCUT2D eigenvalue weighted by Gasteiger charge is 2.27. The van der Waals surface area contributed by atoms with Gasteiger partial charge in [-0.15, -0.1) is 0 Å². The molecule has 0 unspecified atom stereocenters. The maximum atomic E-state index is 13.2. The topological polar surface area (TPSA) is 102 Å². The summed E-state index contributed by atoms with van der Waals surface area (Å²) in [6.45, 7) is 4.50. The molecule has 4 rings (SSSR count). The molecule has 0 aliphatic carbocycles. The second-order valence-corrected chi connectivity index (χ2v) is 8.81. The number of nitrogens with one attached hydrogen (secondary N) is 2. The third-order valence-electron chi connectivity index (χ3n) is 4.74. The first-order valence-electron chi connectivity index (χ1n) is 8.97. The molecule has 9 heteroatoms. The molecule has 0 spiro atoms. The molecule has 2 N–H and O–H groups in total. The molecule has 0 radical (unpaired) electrons. The van der Waals surface area contributed by atoms with Gasteiger partial charge in [-0.3, -0.25) is 18.8 Å². The van der Waals surface area contributed by atoms with Gasteiger partial charge < -0.3 is 5.32 Å². The number of nitrogens with zero attached hydrogens (tertiary/aromatic N) is 2. The number of aryl methyl sites for hydroxylation is 1. The fraction of sp³-hybridized carbons (Fsp3) is 0.263. The zero-order chi connectivity index (χ0) is 20.1. The SMILES string of the molecule is CC(C)CCn1c(=O)c(=C2Nc3ccccc3S(=O)(=O)N2)c(=O)c2cccn21. The third-order valence-corrected chi connectivity index (χ3v) is 6.15. The maximum absolute atomic E-state index is 13.2. The highest BCUT2D eigenvalue weighted by molar-refractivity contribution is 7.90. The van der Waals surface area contributed by atoms with Crippen LogP contribution in [0, 0.1) is 5.92 Å². The average molecular weight is 400 g/mol. The van der Waals surface area contributed by atoms with E-state index in [2.05, 4.69) is 10.0 Å². The predicted molar refractivity (Wildman–Crippen MR) is 106 cm³/mol. The monoisotopic (exact) mass is 400 g/mol. The number of sulfonamides is 1. The Hall–Kier alpha value is -3.07. The van der Waals surface area contributed by atoms with E-state index in [0.717, 1.165) is 6.42 Å². The molecule has 0 amide bonds. The van der Waals surface area contributed by atoms with Crippen molar-refractivity contribution in [1.82, 2.24) is 13.9 Å². The van der Waals surface area contributed by atoms with Crippen molar-refractivity contribution >= 4 is 27.0 Å². The lowest BCUT2D eigenvalue weighted by molar-refractivity contribution is 0.455. The van der Waals surface area contributed by atoms with Gasteiger partial charge in [0.2, 0.25) is 5.43 Å². The maximum Gasteiger partial charge on any atom is 0.280 e. The van der Waals surface area contributed by atoms with Crippen LogP contribution in [0.1, 0.15) is 20.3 Å². The Morgan fingerprint density at radius 3 is 2.57 bits per heavy atom. The lowest BCUT2D eigenvalue weighted by atomic mass is 10.1. The van der Waals surface area contributed by atoms with Crippen LogP contribution in [0.15, 0.2) is 57.1 Å². The summed E-state index contributed by atoms with van der Waals surface area (Å²) in [6, 6.07) is 9.63. The second-order valence-electron chi connectivity index (χ2n) is 7.15. The first kappa shape index (κ1) is 18.3. The third kappa shape index (κ3) is 2.88. The first-order chi connectivity index (χ1) is 13.3. The molecule has 1 aliphatic heterocycles. The molecule has 146 valence electrons. The summed E-state index contributed by atoms with van der Waals surface area (Å²) in [6.07, 6.45) is 2.39.